The average Bonchev–Trinajstić information content (AvgIpc) is 2.61. The summed E-state index contributed by atoms with van der Waals surface area (Å²) in [5, 5.41) is 19.9. The van der Waals surface area contributed by atoms with E-state index < -0.39 is 5.41 Å². The van der Waals surface area contributed by atoms with Gasteiger partial charge in [0, 0.05) is 24.4 Å². The summed E-state index contributed by atoms with van der Waals surface area (Å²) in [4.78, 5) is 23.4. The maximum atomic E-state index is 11.7. The summed E-state index contributed by atoms with van der Waals surface area (Å²) in [6, 6.07) is 0. The highest BCUT2D eigenvalue weighted by Gasteiger charge is 2.27. The smallest absolute Gasteiger partial charge is 0.238 e. The fourth-order valence-corrected chi connectivity index (χ4v) is 2.80. The van der Waals surface area contributed by atoms with Crippen LogP contribution in [0.25, 0.3) is 0 Å². The average molecular weight is 365 g/mol. The van der Waals surface area contributed by atoms with E-state index in [2.05, 4.69) is 17.2 Å². The highest BCUT2D eigenvalue weighted by atomic mass is 16.2. The first-order valence-corrected chi connectivity index (χ1v) is 9.35. The van der Waals surface area contributed by atoms with E-state index in [1.54, 1.807) is 13.2 Å². The Balaban J connectivity index is 0. The standard InChI is InChI=1S/C19H35N3O2.CHN/c1-18(2,16(23)21-5)13-11-9-7-6-8-10-12-14-19(3,4)17(24)22-15-20;1-2/h6-14H2,1-5H3,(H,21,23)(H,22,24);1H. The topological polar surface area (TPSA) is 106 Å². The minimum Gasteiger partial charge on any atom is -0.359 e. The molecule has 0 aromatic carbocycles. The molecule has 6 nitrogen and oxygen atoms in total. The van der Waals surface area contributed by atoms with Gasteiger partial charge in [0.2, 0.25) is 11.8 Å². The van der Waals surface area contributed by atoms with Crippen molar-refractivity contribution in [2.45, 2.75) is 85.5 Å². The Morgan fingerprint density at radius 2 is 1.15 bits per heavy atom. The molecule has 0 saturated heterocycles. The monoisotopic (exact) mass is 364 g/mol. The zero-order valence-corrected chi connectivity index (χ0v) is 17.2. The number of rotatable bonds is 12. The minimum absolute atomic E-state index is 0.116. The van der Waals surface area contributed by atoms with Gasteiger partial charge in [-0.05, 0) is 12.8 Å². The molecule has 0 radical (unpaired) electrons. The zero-order valence-electron chi connectivity index (χ0n) is 17.2. The Morgan fingerprint density at radius 1 is 0.808 bits per heavy atom. The van der Waals surface area contributed by atoms with Crippen LogP contribution in [0.3, 0.4) is 0 Å². The first kappa shape index (κ1) is 26.2. The number of nitrogens with zero attached hydrogens (tertiary/aromatic N) is 2. The molecule has 0 heterocycles. The molecule has 0 unspecified atom stereocenters. The van der Waals surface area contributed by atoms with Crippen molar-refractivity contribution < 1.29 is 9.59 Å². The minimum atomic E-state index is -0.471. The van der Waals surface area contributed by atoms with E-state index in [9.17, 15) is 9.59 Å². The molecule has 148 valence electrons. The van der Waals surface area contributed by atoms with Gasteiger partial charge in [0.05, 0.1) is 0 Å². The summed E-state index contributed by atoms with van der Waals surface area (Å²) >= 11 is 0. The van der Waals surface area contributed by atoms with Crippen molar-refractivity contribution in [3.63, 3.8) is 0 Å². The molecule has 0 bridgehead atoms. The van der Waals surface area contributed by atoms with Crippen LogP contribution in [0.4, 0.5) is 0 Å². The van der Waals surface area contributed by atoms with Gasteiger partial charge in [0.15, 0.2) is 6.19 Å². The molecule has 0 aliphatic carbocycles. The molecule has 0 aromatic heterocycles. The molecule has 2 N–H and O–H groups in total. The highest BCUT2D eigenvalue weighted by molar-refractivity contribution is 5.83. The molecule has 26 heavy (non-hydrogen) atoms. The molecule has 0 aliphatic rings. The number of carbonyl (C=O) groups is 2. The van der Waals surface area contributed by atoms with Gasteiger partial charge in [-0.1, -0.05) is 72.6 Å². The number of hydrogen-bond donors (Lipinski definition) is 2. The fraction of sp³-hybridized carbons (Fsp3) is 0.800. The van der Waals surface area contributed by atoms with E-state index in [0.717, 1.165) is 38.5 Å². The summed E-state index contributed by atoms with van der Waals surface area (Å²) < 4.78 is 0. The third-order valence-electron chi connectivity index (χ3n) is 4.73. The first-order valence-electron chi connectivity index (χ1n) is 9.35. The van der Waals surface area contributed by atoms with Gasteiger partial charge < -0.3 is 5.32 Å². The predicted octanol–water partition coefficient (Wildman–Crippen LogP) is 4.03. The third-order valence-corrected chi connectivity index (χ3v) is 4.73. The second-order valence-corrected chi connectivity index (χ2v) is 7.89. The zero-order chi connectivity index (χ0) is 20.6. The number of carbonyl (C=O) groups excluding carboxylic acids is 2. The Labute approximate surface area is 159 Å². The van der Waals surface area contributed by atoms with Crippen LogP contribution in [-0.4, -0.2) is 18.9 Å². The molecule has 0 atom stereocenters. The van der Waals surface area contributed by atoms with Crippen molar-refractivity contribution in [1.82, 2.24) is 10.6 Å². The fourth-order valence-electron chi connectivity index (χ4n) is 2.80. The van der Waals surface area contributed by atoms with Crippen LogP contribution in [0.15, 0.2) is 0 Å². The lowest BCUT2D eigenvalue weighted by Gasteiger charge is -2.22. The SMILES string of the molecule is C#N.CNC(=O)C(C)(C)CCCCCCCCCC(C)(C)C(=O)NC#N. The lowest BCUT2D eigenvalue weighted by molar-refractivity contribution is -0.129. The Morgan fingerprint density at radius 3 is 1.50 bits per heavy atom. The second kappa shape index (κ2) is 14.1. The molecule has 0 fully saturated rings. The van der Waals surface area contributed by atoms with Crippen LogP contribution >= 0.6 is 0 Å². The van der Waals surface area contributed by atoms with Gasteiger partial charge in [-0.25, -0.2) is 5.26 Å². The second-order valence-electron chi connectivity index (χ2n) is 7.89. The van der Waals surface area contributed by atoms with Gasteiger partial charge in [0.25, 0.3) is 0 Å². The largest absolute Gasteiger partial charge is 0.359 e. The molecular formula is C20H36N4O2. The highest BCUT2D eigenvalue weighted by Crippen LogP contribution is 2.25. The molecule has 0 spiro atoms. The normalized spacial score (nSPS) is 10.8. The van der Waals surface area contributed by atoms with Crippen LogP contribution in [-0.2, 0) is 9.59 Å². The van der Waals surface area contributed by atoms with Crippen molar-refractivity contribution in [3.05, 3.63) is 0 Å². The Kier molecular flexibility index (Phi) is 14.2. The van der Waals surface area contributed by atoms with Crippen LogP contribution in [0.5, 0.6) is 0 Å². The predicted molar refractivity (Wildman–Crippen MR) is 104 cm³/mol. The number of hydrogen-bond acceptors (Lipinski definition) is 4. The molecule has 6 heteroatoms. The van der Waals surface area contributed by atoms with Gasteiger partial charge in [-0.2, -0.15) is 5.26 Å². The Bertz CT molecular complexity index is 476. The molecule has 2 amide bonds. The lowest BCUT2D eigenvalue weighted by Crippen LogP contribution is -2.34. The van der Waals surface area contributed by atoms with Crippen molar-refractivity contribution in [2.75, 3.05) is 7.05 Å². The maximum absolute atomic E-state index is 11.7. The molecule has 0 aliphatic heterocycles. The van der Waals surface area contributed by atoms with Gasteiger partial charge >= 0.3 is 0 Å². The van der Waals surface area contributed by atoms with E-state index in [4.69, 9.17) is 10.5 Å². The Hall–Kier alpha value is -2.08. The van der Waals surface area contributed by atoms with E-state index in [-0.39, 0.29) is 17.2 Å². The first-order chi connectivity index (χ1) is 12.2. The van der Waals surface area contributed by atoms with Gasteiger partial charge in [0.1, 0.15) is 0 Å². The lowest BCUT2D eigenvalue weighted by atomic mass is 9.85. The van der Waals surface area contributed by atoms with Crippen LogP contribution in [0.1, 0.15) is 85.5 Å². The third kappa shape index (κ3) is 11.5. The van der Waals surface area contributed by atoms with Gasteiger partial charge in [-0.3, -0.25) is 14.9 Å². The van der Waals surface area contributed by atoms with Crippen molar-refractivity contribution in [2.24, 2.45) is 10.8 Å². The number of nitriles is 2. The maximum Gasteiger partial charge on any atom is 0.238 e. The summed E-state index contributed by atoms with van der Waals surface area (Å²) in [7, 11) is 1.69. The summed E-state index contributed by atoms with van der Waals surface area (Å²) in [6.45, 7) is 11.3. The van der Waals surface area contributed by atoms with Crippen molar-refractivity contribution in [1.29, 1.82) is 10.5 Å². The molecular weight excluding hydrogens is 328 g/mol. The van der Waals surface area contributed by atoms with Crippen LogP contribution < -0.4 is 10.6 Å². The van der Waals surface area contributed by atoms with Gasteiger partial charge in [-0.15, -0.1) is 0 Å². The van der Waals surface area contributed by atoms with Crippen molar-refractivity contribution >= 4 is 11.8 Å². The number of nitrogens with one attached hydrogen (secondary N) is 2. The number of amides is 2. The van der Waals surface area contributed by atoms with E-state index in [0.29, 0.717) is 0 Å². The van der Waals surface area contributed by atoms with Crippen LogP contribution in [0.2, 0.25) is 0 Å². The summed E-state index contributed by atoms with van der Waals surface area (Å²) in [6.07, 6.45) is 11.4. The summed E-state index contributed by atoms with van der Waals surface area (Å²) in [5.74, 6) is -0.0747. The molecule has 0 rings (SSSR count). The van der Waals surface area contributed by atoms with E-state index in [1.165, 1.54) is 19.3 Å². The van der Waals surface area contributed by atoms with E-state index in [1.807, 2.05) is 27.7 Å². The molecule has 0 saturated carbocycles. The summed E-state index contributed by atoms with van der Waals surface area (Å²) in [5.41, 5.74) is -0.745. The van der Waals surface area contributed by atoms with Crippen LogP contribution in [0, 0.1) is 34.1 Å². The van der Waals surface area contributed by atoms with E-state index >= 15 is 0 Å². The number of unbranched alkanes of at least 4 members (excludes halogenated alkanes) is 6. The quantitative estimate of drug-likeness (QED) is 0.310. The van der Waals surface area contributed by atoms with Crippen molar-refractivity contribution in [3.8, 4) is 12.8 Å². The molecule has 0 aromatic rings.